The number of aryl methyl sites for hydroxylation is 1. The van der Waals surface area contributed by atoms with Gasteiger partial charge in [0.25, 0.3) is 5.91 Å². The van der Waals surface area contributed by atoms with Crippen LogP contribution in [-0.2, 0) is 11.3 Å². The van der Waals surface area contributed by atoms with Crippen molar-refractivity contribution in [1.82, 2.24) is 24.9 Å². The lowest BCUT2D eigenvalue weighted by atomic mass is 9.87. The Morgan fingerprint density at radius 2 is 1.95 bits per heavy atom. The molecule has 2 aliphatic rings. The van der Waals surface area contributed by atoms with E-state index in [1.54, 1.807) is 31.0 Å². The highest BCUT2D eigenvalue weighted by atomic mass is 35.5. The molecule has 1 N–H and O–H groups in total. The Morgan fingerprint density at radius 1 is 1.14 bits per heavy atom. The van der Waals surface area contributed by atoms with Crippen molar-refractivity contribution in [2.45, 2.75) is 31.7 Å². The first kappa shape index (κ1) is 29.2. The summed E-state index contributed by atoms with van der Waals surface area (Å²) >= 11 is 6.91. The molecule has 2 fully saturated rings. The van der Waals surface area contributed by atoms with Crippen molar-refractivity contribution >= 4 is 40.1 Å². The molecule has 0 unspecified atom stereocenters. The number of benzene rings is 2. The number of aromatic nitrogens is 2. The lowest BCUT2D eigenvalue weighted by Crippen LogP contribution is -2.43. The monoisotopic (exact) mass is 606 g/mol. The topological polar surface area (TPSA) is 86.9 Å². The molecule has 226 valence electrons. The zero-order chi connectivity index (χ0) is 30.1. The summed E-state index contributed by atoms with van der Waals surface area (Å²) in [5.41, 5.74) is 3.13. The van der Waals surface area contributed by atoms with Crippen LogP contribution < -0.4 is 10.2 Å². The van der Waals surface area contributed by atoms with E-state index in [2.05, 4.69) is 15.3 Å². The van der Waals surface area contributed by atoms with E-state index in [9.17, 15) is 9.59 Å². The molecule has 43 heavy (non-hydrogen) atoms. The van der Waals surface area contributed by atoms with Crippen molar-refractivity contribution in [1.29, 1.82) is 0 Å². The van der Waals surface area contributed by atoms with E-state index < -0.39 is 5.82 Å². The van der Waals surface area contributed by atoms with E-state index in [1.165, 1.54) is 11.0 Å². The smallest absolute Gasteiger partial charge is 0.289 e. The van der Waals surface area contributed by atoms with E-state index in [4.69, 9.17) is 16.0 Å². The average molecular weight is 607 g/mol. The number of hydrogen-bond acceptors (Lipinski definition) is 6. The second-order valence-corrected chi connectivity index (χ2v) is 11.9. The highest BCUT2D eigenvalue weighted by Crippen LogP contribution is 2.42. The summed E-state index contributed by atoms with van der Waals surface area (Å²) in [6.07, 6.45) is 5.35. The number of piperidine rings is 1. The Bertz CT molecular complexity index is 1630. The van der Waals surface area contributed by atoms with Crippen LogP contribution in [0.5, 0.6) is 0 Å². The SMILES string of the molecule is CN(C)C(=O)c1cc2c(F)c([C@H]3CCCN(C(=O)CCn4cccn4)C3)cc(-c3ccc(N4CCNCC4)cc3Cl)c2o1. The van der Waals surface area contributed by atoms with E-state index in [0.29, 0.717) is 47.8 Å². The Labute approximate surface area is 255 Å². The number of piperazine rings is 1. The lowest BCUT2D eigenvalue weighted by Gasteiger charge is -2.33. The van der Waals surface area contributed by atoms with E-state index >= 15 is 4.39 Å². The fourth-order valence-corrected chi connectivity index (χ4v) is 6.39. The number of amides is 2. The minimum absolute atomic E-state index is 0.0237. The van der Waals surface area contributed by atoms with Crippen molar-refractivity contribution < 1.29 is 18.4 Å². The number of carbonyl (C=O) groups excluding carboxylic acids is 2. The van der Waals surface area contributed by atoms with E-state index in [0.717, 1.165) is 44.7 Å². The van der Waals surface area contributed by atoms with Crippen LogP contribution in [0.1, 0.15) is 41.3 Å². The Balaban J connectivity index is 1.37. The first-order chi connectivity index (χ1) is 20.8. The van der Waals surface area contributed by atoms with Gasteiger partial charge in [0, 0.05) is 108 Å². The molecule has 2 aromatic heterocycles. The van der Waals surface area contributed by atoms with Crippen molar-refractivity contribution in [3.63, 3.8) is 0 Å². The van der Waals surface area contributed by atoms with Gasteiger partial charge in [-0.25, -0.2) is 4.39 Å². The van der Waals surface area contributed by atoms with Gasteiger partial charge in [-0.2, -0.15) is 5.10 Å². The molecule has 2 aliphatic heterocycles. The lowest BCUT2D eigenvalue weighted by molar-refractivity contribution is -0.132. The minimum atomic E-state index is -0.426. The number of likely N-dealkylation sites (tertiary alicyclic amines) is 1. The summed E-state index contributed by atoms with van der Waals surface area (Å²) in [6, 6.07) is 11.0. The number of carbonyl (C=O) groups is 2. The van der Waals surface area contributed by atoms with Crippen LogP contribution in [0.2, 0.25) is 5.02 Å². The number of nitrogens with one attached hydrogen (secondary N) is 1. The second kappa shape index (κ2) is 12.4. The number of fused-ring (bicyclic) bond motifs is 1. The second-order valence-electron chi connectivity index (χ2n) is 11.5. The van der Waals surface area contributed by atoms with Gasteiger partial charge >= 0.3 is 0 Å². The number of anilines is 1. The van der Waals surface area contributed by atoms with Gasteiger partial charge in [0.2, 0.25) is 5.91 Å². The average Bonchev–Trinajstić information content (AvgIpc) is 3.71. The summed E-state index contributed by atoms with van der Waals surface area (Å²) < 4.78 is 24.1. The molecule has 6 rings (SSSR count). The maximum Gasteiger partial charge on any atom is 0.289 e. The van der Waals surface area contributed by atoms with Crippen molar-refractivity contribution in [2.75, 3.05) is 58.3 Å². The van der Waals surface area contributed by atoms with Crippen molar-refractivity contribution in [2.24, 2.45) is 0 Å². The normalized spacial score (nSPS) is 17.4. The summed E-state index contributed by atoms with van der Waals surface area (Å²) in [5.74, 6) is -0.910. The maximum absolute atomic E-state index is 16.4. The first-order valence-corrected chi connectivity index (χ1v) is 15.2. The van der Waals surface area contributed by atoms with Crippen LogP contribution >= 0.6 is 11.6 Å². The minimum Gasteiger partial charge on any atom is -0.450 e. The van der Waals surface area contributed by atoms with E-state index in [1.807, 2.05) is 35.4 Å². The predicted molar refractivity (Wildman–Crippen MR) is 165 cm³/mol. The van der Waals surface area contributed by atoms with Gasteiger partial charge in [-0.05, 0) is 42.7 Å². The number of furan rings is 1. The highest BCUT2D eigenvalue weighted by Gasteiger charge is 2.30. The van der Waals surface area contributed by atoms with Crippen LogP contribution in [0, 0.1) is 5.82 Å². The van der Waals surface area contributed by atoms with Crippen molar-refractivity contribution in [3.05, 3.63) is 71.0 Å². The molecule has 4 heterocycles. The summed E-state index contributed by atoms with van der Waals surface area (Å²) in [4.78, 5) is 31.5. The Kier molecular flexibility index (Phi) is 8.41. The van der Waals surface area contributed by atoms with Gasteiger partial charge in [0.05, 0.1) is 10.4 Å². The molecule has 4 aromatic rings. The van der Waals surface area contributed by atoms with Crippen molar-refractivity contribution in [3.8, 4) is 11.1 Å². The number of rotatable bonds is 7. The molecule has 11 heteroatoms. The summed E-state index contributed by atoms with van der Waals surface area (Å²) in [5, 5.41) is 8.30. The molecule has 2 saturated heterocycles. The molecule has 1 atom stereocenters. The number of hydrogen-bond donors (Lipinski definition) is 1. The molecule has 2 amide bonds. The predicted octanol–water partition coefficient (Wildman–Crippen LogP) is 5.00. The summed E-state index contributed by atoms with van der Waals surface area (Å²) in [6.45, 7) is 5.12. The molecule has 9 nitrogen and oxygen atoms in total. The fourth-order valence-electron chi connectivity index (χ4n) is 6.12. The van der Waals surface area contributed by atoms with Crippen LogP contribution in [0.15, 0.2) is 53.2 Å². The largest absolute Gasteiger partial charge is 0.450 e. The first-order valence-electron chi connectivity index (χ1n) is 14.8. The van der Waals surface area contributed by atoms with Gasteiger partial charge < -0.3 is 24.4 Å². The van der Waals surface area contributed by atoms with Crippen LogP contribution in [0.25, 0.3) is 22.1 Å². The molecule has 0 aliphatic carbocycles. The third-order valence-electron chi connectivity index (χ3n) is 8.44. The van der Waals surface area contributed by atoms with Gasteiger partial charge in [-0.1, -0.05) is 17.7 Å². The third-order valence-corrected chi connectivity index (χ3v) is 8.75. The highest BCUT2D eigenvalue weighted by molar-refractivity contribution is 6.34. The van der Waals surface area contributed by atoms with Gasteiger partial charge in [0.1, 0.15) is 11.4 Å². The van der Waals surface area contributed by atoms with Crippen LogP contribution in [-0.4, -0.2) is 84.8 Å². The molecule has 2 aromatic carbocycles. The standard InChI is InChI=1S/C32H36ClFN6O3/c1-37(2)32(42)28-19-26-30(34)24(21-5-3-12-39(20-21)29(41)8-14-40-13-4-9-36-40)18-25(31(26)43-28)23-7-6-22(17-27(23)33)38-15-10-35-11-16-38/h4,6-7,9,13,17-19,21,35H,3,5,8,10-12,14-16,20H2,1-2H3/t21-/m0/s1. The van der Waals surface area contributed by atoms with Gasteiger partial charge in [-0.15, -0.1) is 0 Å². The zero-order valence-electron chi connectivity index (χ0n) is 24.5. The molecule has 0 spiro atoms. The maximum atomic E-state index is 16.4. The number of nitrogens with zero attached hydrogens (tertiary/aromatic N) is 5. The molecule has 0 bridgehead atoms. The quantitative estimate of drug-likeness (QED) is 0.319. The van der Waals surface area contributed by atoms with Gasteiger partial charge in [0.15, 0.2) is 5.76 Å². The molecular formula is C32H36ClFN6O3. The third kappa shape index (κ3) is 5.99. The zero-order valence-corrected chi connectivity index (χ0v) is 25.2. The molecular weight excluding hydrogens is 571 g/mol. The fraction of sp³-hybridized carbons (Fsp3) is 0.406. The van der Waals surface area contributed by atoms with Crippen LogP contribution in [0.3, 0.4) is 0 Å². The van der Waals surface area contributed by atoms with E-state index in [-0.39, 0.29) is 34.5 Å². The Hall–Kier alpha value is -3.89. The Morgan fingerprint density at radius 3 is 2.67 bits per heavy atom. The molecule has 0 saturated carbocycles. The van der Waals surface area contributed by atoms with Crippen LogP contribution in [0.4, 0.5) is 10.1 Å². The van der Waals surface area contributed by atoms with Gasteiger partial charge in [-0.3, -0.25) is 14.3 Å². The number of halogens is 2. The molecule has 0 radical (unpaired) electrons. The summed E-state index contributed by atoms with van der Waals surface area (Å²) in [7, 11) is 3.26.